The SMILES string of the molecule is O=C(CN1CCC(C(=O)NCCc2cccs2)CC1)NNC(=O)c1cccc([N+](=O)[O-])c1. The number of nitro groups is 1. The minimum Gasteiger partial charge on any atom is -0.355 e. The molecule has 1 aliphatic rings. The van der Waals surface area contributed by atoms with Crippen LogP contribution in [0.3, 0.4) is 0 Å². The molecule has 0 aliphatic carbocycles. The third-order valence-electron chi connectivity index (χ3n) is 5.21. The van der Waals surface area contributed by atoms with E-state index in [0.717, 1.165) is 12.5 Å². The van der Waals surface area contributed by atoms with Crippen molar-refractivity contribution in [2.24, 2.45) is 5.92 Å². The standard InChI is InChI=1S/C21H25N5O5S/c27-19(23-24-21(29)16-3-1-4-17(13-16)26(30)31)14-25-10-7-15(8-11-25)20(28)22-9-6-18-5-2-12-32-18/h1-5,12-13,15H,6-11,14H2,(H,22,28)(H,23,27)(H,24,29). The lowest BCUT2D eigenvalue weighted by atomic mass is 9.96. The van der Waals surface area contributed by atoms with Crippen LogP contribution >= 0.6 is 11.3 Å². The summed E-state index contributed by atoms with van der Waals surface area (Å²) in [6.07, 6.45) is 2.15. The Balaban J connectivity index is 1.34. The summed E-state index contributed by atoms with van der Waals surface area (Å²) in [5.74, 6) is -1.05. The summed E-state index contributed by atoms with van der Waals surface area (Å²) in [6, 6.07) is 9.28. The van der Waals surface area contributed by atoms with Gasteiger partial charge in [-0.25, -0.2) is 0 Å². The molecule has 3 amide bonds. The first-order valence-corrected chi connectivity index (χ1v) is 11.2. The Labute approximate surface area is 189 Å². The zero-order valence-corrected chi connectivity index (χ0v) is 18.2. The predicted octanol–water partition coefficient (Wildman–Crippen LogP) is 1.49. The van der Waals surface area contributed by atoms with Crippen molar-refractivity contribution in [1.29, 1.82) is 0 Å². The summed E-state index contributed by atoms with van der Waals surface area (Å²) in [6.45, 7) is 1.92. The van der Waals surface area contributed by atoms with E-state index in [1.165, 1.54) is 23.1 Å². The average Bonchev–Trinajstić information content (AvgIpc) is 3.31. The Morgan fingerprint density at radius 2 is 1.91 bits per heavy atom. The van der Waals surface area contributed by atoms with Crippen molar-refractivity contribution in [3.05, 3.63) is 62.3 Å². The molecule has 11 heteroatoms. The van der Waals surface area contributed by atoms with Gasteiger partial charge >= 0.3 is 0 Å². The number of thiophene rings is 1. The van der Waals surface area contributed by atoms with Crippen LogP contribution in [0, 0.1) is 16.0 Å². The lowest BCUT2D eigenvalue weighted by molar-refractivity contribution is -0.384. The number of nitrogens with zero attached hydrogens (tertiary/aromatic N) is 2. The van der Waals surface area contributed by atoms with Crippen molar-refractivity contribution in [2.75, 3.05) is 26.2 Å². The first kappa shape index (κ1) is 23.4. The second-order valence-electron chi connectivity index (χ2n) is 7.48. The third-order valence-corrected chi connectivity index (χ3v) is 6.15. The maximum Gasteiger partial charge on any atom is 0.270 e. The molecule has 1 saturated heterocycles. The number of carbonyl (C=O) groups is 3. The zero-order valence-electron chi connectivity index (χ0n) is 17.4. The van der Waals surface area contributed by atoms with Gasteiger partial charge in [0.05, 0.1) is 11.5 Å². The highest BCUT2D eigenvalue weighted by atomic mass is 32.1. The first-order valence-electron chi connectivity index (χ1n) is 10.3. The van der Waals surface area contributed by atoms with Gasteiger partial charge in [0.1, 0.15) is 0 Å². The van der Waals surface area contributed by atoms with Crippen LogP contribution in [0.25, 0.3) is 0 Å². The molecule has 2 aromatic rings. The Kier molecular flexibility index (Phi) is 8.28. The smallest absolute Gasteiger partial charge is 0.270 e. The fourth-order valence-electron chi connectivity index (χ4n) is 3.46. The molecule has 1 aromatic heterocycles. The maximum absolute atomic E-state index is 12.3. The van der Waals surface area contributed by atoms with Gasteiger partial charge in [0, 0.05) is 35.0 Å². The minimum absolute atomic E-state index is 0.0508. The lowest BCUT2D eigenvalue weighted by Crippen LogP contribution is -2.48. The quantitative estimate of drug-likeness (QED) is 0.405. The van der Waals surface area contributed by atoms with Crippen molar-refractivity contribution in [1.82, 2.24) is 21.1 Å². The summed E-state index contributed by atoms with van der Waals surface area (Å²) in [5, 5.41) is 15.8. The number of nitro benzene ring substituents is 1. The number of piperidine rings is 1. The van der Waals surface area contributed by atoms with Crippen molar-refractivity contribution in [3.8, 4) is 0 Å². The second kappa shape index (κ2) is 11.3. The number of hydrogen-bond donors (Lipinski definition) is 3. The number of likely N-dealkylation sites (tertiary alicyclic amines) is 1. The second-order valence-corrected chi connectivity index (χ2v) is 8.51. The predicted molar refractivity (Wildman–Crippen MR) is 119 cm³/mol. The maximum atomic E-state index is 12.3. The van der Waals surface area contributed by atoms with Crippen LogP contribution < -0.4 is 16.2 Å². The van der Waals surface area contributed by atoms with Gasteiger partial charge in [-0.3, -0.25) is 40.2 Å². The fourth-order valence-corrected chi connectivity index (χ4v) is 4.17. The van der Waals surface area contributed by atoms with E-state index in [9.17, 15) is 24.5 Å². The van der Waals surface area contributed by atoms with Crippen molar-refractivity contribution in [3.63, 3.8) is 0 Å². The molecule has 1 aliphatic heterocycles. The van der Waals surface area contributed by atoms with E-state index in [1.54, 1.807) is 11.3 Å². The number of non-ortho nitro benzene ring substituents is 1. The van der Waals surface area contributed by atoms with Gasteiger partial charge < -0.3 is 5.32 Å². The molecule has 170 valence electrons. The van der Waals surface area contributed by atoms with Crippen molar-refractivity contribution in [2.45, 2.75) is 19.3 Å². The lowest BCUT2D eigenvalue weighted by Gasteiger charge is -2.30. The van der Waals surface area contributed by atoms with Crippen LogP contribution in [-0.4, -0.2) is 53.7 Å². The van der Waals surface area contributed by atoms with Crippen LogP contribution in [0.4, 0.5) is 5.69 Å². The third kappa shape index (κ3) is 6.86. The summed E-state index contributed by atoms with van der Waals surface area (Å²) in [5.41, 5.74) is 4.46. The number of hydrogen-bond acceptors (Lipinski definition) is 7. The molecule has 0 atom stereocenters. The van der Waals surface area contributed by atoms with Gasteiger partial charge in [-0.1, -0.05) is 12.1 Å². The molecular weight excluding hydrogens is 434 g/mol. The van der Waals surface area contributed by atoms with Crippen LogP contribution in [0.5, 0.6) is 0 Å². The van der Waals surface area contributed by atoms with E-state index in [4.69, 9.17) is 0 Å². The van der Waals surface area contributed by atoms with Gasteiger partial charge in [0.15, 0.2) is 0 Å². The fraction of sp³-hybridized carbons (Fsp3) is 0.381. The van der Waals surface area contributed by atoms with E-state index in [1.807, 2.05) is 22.4 Å². The molecule has 1 aromatic carbocycles. The normalized spacial score (nSPS) is 14.5. The average molecular weight is 460 g/mol. The van der Waals surface area contributed by atoms with Crippen molar-refractivity contribution < 1.29 is 19.3 Å². The molecule has 2 heterocycles. The molecule has 0 bridgehead atoms. The first-order chi connectivity index (χ1) is 15.4. The van der Waals surface area contributed by atoms with E-state index < -0.39 is 16.7 Å². The molecule has 3 rings (SSSR count). The highest BCUT2D eigenvalue weighted by Gasteiger charge is 2.25. The zero-order chi connectivity index (χ0) is 22.9. The van der Waals surface area contributed by atoms with Gasteiger partial charge in [0.2, 0.25) is 5.91 Å². The van der Waals surface area contributed by atoms with Crippen molar-refractivity contribution >= 4 is 34.7 Å². The Morgan fingerprint density at radius 3 is 2.59 bits per heavy atom. The molecule has 0 radical (unpaired) electrons. The number of benzene rings is 1. The van der Waals surface area contributed by atoms with Crippen LogP contribution in [-0.2, 0) is 16.0 Å². The van der Waals surface area contributed by atoms with E-state index in [-0.39, 0.29) is 29.6 Å². The highest BCUT2D eigenvalue weighted by Crippen LogP contribution is 2.17. The number of carbonyl (C=O) groups excluding carboxylic acids is 3. The number of hydrazine groups is 1. The Morgan fingerprint density at radius 1 is 1.12 bits per heavy atom. The Bertz CT molecular complexity index is 957. The topological polar surface area (TPSA) is 134 Å². The Hall–Kier alpha value is -3.31. The molecule has 3 N–H and O–H groups in total. The van der Waals surface area contributed by atoms with Gasteiger partial charge in [-0.2, -0.15) is 0 Å². The molecule has 32 heavy (non-hydrogen) atoms. The number of amides is 3. The van der Waals surface area contributed by atoms with Gasteiger partial charge in [-0.15, -0.1) is 11.3 Å². The van der Waals surface area contributed by atoms with Gasteiger partial charge in [0.25, 0.3) is 17.5 Å². The van der Waals surface area contributed by atoms with E-state index >= 15 is 0 Å². The number of nitrogens with one attached hydrogen (secondary N) is 3. The summed E-state index contributed by atoms with van der Waals surface area (Å²) in [7, 11) is 0. The minimum atomic E-state index is -0.639. The number of rotatable bonds is 8. The molecule has 10 nitrogen and oxygen atoms in total. The van der Waals surface area contributed by atoms with E-state index in [2.05, 4.69) is 16.2 Å². The molecular formula is C21H25N5O5S. The van der Waals surface area contributed by atoms with Gasteiger partial charge in [-0.05, 0) is 49.9 Å². The van der Waals surface area contributed by atoms with Crippen LogP contribution in [0.15, 0.2) is 41.8 Å². The molecule has 0 spiro atoms. The van der Waals surface area contributed by atoms with Crippen LogP contribution in [0.2, 0.25) is 0 Å². The molecule has 0 saturated carbocycles. The molecule has 0 unspecified atom stereocenters. The summed E-state index contributed by atoms with van der Waals surface area (Å²) >= 11 is 1.67. The van der Waals surface area contributed by atoms with E-state index in [0.29, 0.717) is 32.5 Å². The monoisotopic (exact) mass is 459 g/mol. The molecule has 1 fully saturated rings. The summed E-state index contributed by atoms with van der Waals surface area (Å²) < 4.78 is 0. The van der Waals surface area contributed by atoms with Crippen LogP contribution in [0.1, 0.15) is 28.1 Å². The largest absolute Gasteiger partial charge is 0.355 e. The highest BCUT2D eigenvalue weighted by molar-refractivity contribution is 7.09. The summed E-state index contributed by atoms with van der Waals surface area (Å²) in [4.78, 5) is 49.9.